The van der Waals surface area contributed by atoms with Crippen LogP contribution in [0.15, 0.2) is 60.7 Å². The maximum atomic E-state index is 13.1. The van der Waals surface area contributed by atoms with Crippen molar-refractivity contribution in [2.45, 2.75) is 6.92 Å². The van der Waals surface area contributed by atoms with Crippen molar-refractivity contribution in [3.05, 3.63) is 82.1 Å². The summed E-state index contributed by atoms with van der Waals surface area (Å²) < 4.78 is 12.2. The molecule has 168 valence electrons. The van der Waals surface area contributed by atoms with Crippen LogP contribution in [0.1, 0.15) is 16.2 Å². The van der Waals surface area contributed by atoms with Crippen molar-refractivity contribution in [3.8, 4) is 28.6 Å². The Morgan fingerprint density at radius 1 is 0.970 bits per heavy atom. The fourth-order valence-corrected chi connectivity index (χ4v) is 3.48. The zero-order chi connectivity index (χ0) is 23.5. The first-order chi connectivity index (χ1) is 15.9. The SMILES string of the molecule is COc1ccc(OC)c(NC(=O)c2nc(-c3ccc(Cl)cc3)n(-c3ccc(C)c(Cl)c3)n2)c1. The highest BCUT2D eigenvalue weighted by atomic mass is 35.5. The molecule has 0 unspecified atom stereocenters. The molecule has 9 heteroatoms. The van der Waals surface area contributed by atoms with E-state index in [1.54, 1.807) is 48.2 Å². The van der Waals surface area contributed by atoms with Gasteiger partial charge in [-0.05, 0) is 61.0 Å². The number of nitrogens with one attached hydrogen (secondary N) is 1. The lowest BCUT2D eigenvalue weighted by atomic mass is 10.2. The van der Waals surface area contributed by atoms with Gasteiger partial charge in [-0.2, -0.15) is 0 Å². The number of aryl methyl sites for hydroxylation is 1. The normalized spacial score (nSPS) is 10.7. The average Bonchev–Trinajstić information content (AvgIpc) is 3.27. The molecule has 0 aliphatic heterocycles. The van der Waals surface area contributed by atoms with E-state index in [-0.39, 0.29) is 5.82 Å². The van der Waals surface area contributed by atoms with E-state index < -0.39 is 5.91 Å². The molecule has 7 nitrogen and oxygen atoms in total. The van der Waals surface area contributed by atoms with Crippen molar-refractivity contribution < 1.29 is 14.3 Å². The van der Waals surface area contributed by atoms with Crippen molar-refractivity contribution >= 4 is 34.8 Å². The summed E-state index contributed by atoms with van der Waals surface area (Å²) in [7, 11) is 3.06. The van der Waals surface area contributed by atoms with E-state index in [0.717, 1.165) is 11.1 Å². The summed E-state index contributed by atoms with van der Waals surface area (Å²) in [6, 6.07) is 17.7. The number of hydrogen-bond acceptors (Lipinski definition) is 5. The predicted molar refractivity (Wildman–Crippen MR) is 129 cm³/mol. The first-order valence-electron chi connectivity index (χ1n) is 9.92. The Hall–Kier alpha value is -3.55. The number of benzene rings is 3. The van der Waals surface area contributed by atoms with Gasteiger partial charge in [-0.25, -0.2) is 9.67 Å². The van der Waals surface area contributed by atoms with Gasteiger partial charge < -0.3 is 14.8 Å². The van der Waals surface area contributed by atoms with Crippen LogP contribution >= 0.6 is 23.2 Å². The Morgan fingerprint density at radius 3 is 2.39 bits per heavy atom. The van der Waals surface area contributed by atoms with Crippen molar-refractivity contribution in [2.75, 3.05) is 19.5 Å². The second-order valence-electron chi connectivity index (χ2n) is 7.13. The summed E-state index contributed by atoms with van der Waals surface area (Å²) in [4.78, 5) is 17.6. The van der Waals surface area contributed by atoms with E-state index in [2.05, 4.69) is 15.4 Å². The number of anilines is 1. The van der Waals surface area contributed by atoms with Crippen molar-refractivity contribution in [1.29, 1.82) is 0 Å². The largest absolute Gasteiger partial charge is 0.497 e. The molecule has 0 spiro atoms. The molecule has 0 aliphatic carbocycles. The molecule has 3 aromatic carbocycles. The van der Waals surface area contributed by atoms with Crippen LogP contribution in [0.25, 0.3) is 17.1 Å². The average molecular weight is 483 g/mol. The molecule has 0 atom stereocenters. The first kappa shape index (κ1) is 22.6. The van der Waals surface area contributed by atoms with E-state index in [0.29, 0.717) is 38.7 Å². The van der Waals surface area contributed by atoms with Gasteiger partial charge in [0.05, 0.1) is 25.6 Å². The van der Waals surface area contributed by atoms with Gasteiger partial charge in [0.15, 0.2) is 5.82 Å². The molecule has 0 aliphatic rings. The quantitative estimate of drug-likeness (QED) is 0.374. The van der Waals surface area contributed by atoms with Crippen molar-refractivity contribution in [2.24, 2.45) is 0 Å². The van der Waals surface area contributed by atoms with Crippen LogP contribution in [0.2, 0.25) is 10.0 Å². The summed E-state index contributed by atoms with van der Waals surface area (Å²) >= 11 is 12.4. The molecule has 1 aromatic heterocycles. The Bertz CT molecular complexity index is 1320. The van der Waals surface area contributed by atoms with E-state index in [1.165, 1.54) is 7.11 Å². The van der Waals surface area contributed by atoms with Gasteiger partial charge >= 0.3 is 0 Å². The Kier molecular flexibility index (Phi) is 6.53. The minimum Gasteiger partial charge on any atom is -0.497 e. The fraction of sp³-hybridized carbons (Fsp3) is 0.125. The van der Waals surface area contributed by atoms with Crippen LogP contribution in [0.5, 0.6) is 11.5 Å². The maximum absolute atomic E-state index is 13.1. The Labute approximate surface area is 200 Å². The van der Waals surface area contributed by atoms with Gasteiger partial charge in [0.25, 0.3) is 5.91 Å². The molecule has 1 N–H and O–H groups in total. The summed E-state index contributed by atoms with van der Waals surface area (Å²) in [6.07, 6.45) is 0. The van der Waals surface area contributed by atoms with Gasteiger partial charge in [-0.15, -0.1) is 5.10 Å². The molecule has 0 saturated heterocycles. The lowest BCUT2D eigenvalue weighted by molar-refractivity contribution is 0.101. The minimum atomic E-state index is -0.506. The molecule has 0 bridgehead atoms. The van der Waals surface area contributed by atoms with E-state index in [1.807, 2.05) is 31.2 Å². The maximum Gasteiger partial charge on any atom is 0.295 e. The number of nitrogens with zero attached hydrogens (tertiary/aromatic N) is 3. The molecule has 0 saturated carbocycles. The number of methoxy groups -OCH3 is 2. The third-order valence-electron chi connectivity index (χ3n) is 4.97. The van der Waals surface area contributed by atoms with Gasteiger partial charge in [0, 0.05) is 21.7 Å². The molecule has 1 amide bonds. The minimum absolute atomic E-state index is 0.0264. The Balaban J connectivity index is 1.77. The number of aromatic nitrogens is 3. The van der Waals surface area contributed by atoms with Crippen LogP contribution in [-0.4, -0.2) is 34.9 Å². The second-order valence-corrected chi connectivity index (χ2v) is 7.98. The molecule has 0 radical (unpaired) electrons. The number of hydrogen-bond donors (Lipinski definition) is 1. The summed E-state index contributed by atoms with van der Waals surface area (Å²) in [6.45, 7) is 1.91. The highest BCUT2D eigenvalue weighted by molar-refractivity contribution is 6.31. The third kappa shape index (κ3) is 4.79. The standard InChI is InChI=1S/C24H20Cl2N4O3/c1-14-4-9-17(12-19(14)26)30-23(15-5-7-16(25)8-6-15)28-22(29-30)24(31)27-20-13-18(32-2)10-11-21(20)33-3/h4-13H,1-3H3,(H,27,31). The van der Waals surface area contributed by atoms with E-state index in [4.69, 9.17) is 32.7 Å². The number of carbonyl (C=O) groups is 1. The number of rotatable bonds is 6. The third-order valence-corrected chi connectivity index (χ3v) is 5.63. The number of carbonyl (C=O) groups excluding carboxylic acids is 1. The van der Waals surface area contributed by atoms with Gasteiger partial charge in [-0.1, -0.05) is 29.3 Å². The molecular weight excluding hydrogens is 463 g/mol. The molecule has 4 aromatic rings. The lowest BCUT2D eigenvalue weighted by Gasteiger charge is -2.10. The van der Waals surface area contributed by atoms with E-state index in [9.17, 15) is 4.79 Å². The summed E-state index contributed by atoms with van der Waals surface area (Å²) in [5.74, 6) is 0.983. The predicted octanol–water partition coefficient (Wildman–Crippen LogP) is 5.82. The van der Waals surface area contributed by atoms with Crippen LogP contribution in [0, 0.1) is 6.92 Å². The zero-order valence-electron chi connectivity index (χ0n) is 18.1. The van der Waals surface area contributed by atoms with Crippen LogP contribution in [0.3, 0.4) is 0 Å². The summed E-state index contributed by atoms with van der Waals surface area (Å²) in [5.41, 5.74) is 2.77. The number of amides is 1. The van der Waals surface area contributed by atoms with Crippen LogP contribution < -0.4 is 14.8 Å². The smallest absolute Gasteiger partial charge is 0.295 e. The van der Waals surface area contributed by atoms with Crippen molar-refractivity contribution in [1.82, 2.24) is 14.8 Å². The molecular formula is C24H20Cl2N4O3. The van der Waals surface area contributed by atoms with E-state index >= 15 is 0 Å². The monoisotopic (exact) mass is 482 g/mol. The molecule has 33 heavy (non-hydrogen) atoms. The van der Waals surface area contributed by atoms with Crippen molar-refractivity contribution in [3.63, 3.8) is 0 Å². The zero-order valence-corrected chi connectivity index (χ0v) is 19.6. The second kappa shape index (κ2) is 9.52. The molecule has 4 rings (SSSR count). The van der Waals surface area contributed by atoms with Gasteiger partial charge in [0.1, 0.15) is 11.5 Å². The van der Waals surface area contributed by atoms with Gasteiger partial charge in [-0.3, -0.25) is 4.79 Å². The highest BCUT2D eigenvalue weighted by Crippen LogP contribution is 2.30. The first-order valence-corrected chi connectivity index (χ1v) is 10.7. The van der Waals surface area contributed by atoms with Crippen LogP contribution in [0.4, 0.5) is 5.69 Å². The fourth-order valence-electron chi connectivity index (χ4n) is 3.18. The topological polar surface area (TPSA) is 78.3 Å². The molecule has 0 fully saturated rings. The summed E-state index contributed by atoms with van der Waals surface area (Å²) in [5, 5.41) is 8.44. The molecule has 1 heterocycles. The number of halogens is 2. The van der Waals surface area contributed by atoms with Crippen LogP contribution in [-0.2, 0) is 0 Å². The number of ether oxygens (including phenoxy) is 2. The lowest BCUT2D eigenvalue weighted by Crippen LogP contribution is -2.15. The van der Waals surface area contributed by atoms with Gasteiger partial charge in [0.2, 0.25) is 5.82 Å². The highest BCUT2D eigenvalue weighted by Gasteiger charge is 2.20. The Morgan fingerprint density at radius 2 is 1.73 bits per heavy atom.